The summed E-state index contributed by atoms with van der Waals surface area (Å²) in [4.78, 5) is 13.4. The van der Waals surface area contributed by atoms with Crippen LogP contribution in [0.1, 0.15) is 113 Å². The van der Waals surface area contributed by atoms with Gasteiger partial charge in [0.25, 0.3) is 0 Å². The Morgan fingerprint density at radius 3 is 0.918 bits per heavy atom. The van der Waals surface area contributed by atoms with Crippen LogP contribution in [0, 0.1) is 0 Å². The molecule has 0 aliphatic heterocycles. The number of hydrogen-bond acceptors (Lipinski definition) is 6. The SMILES string of the molecule is [Co+3].[O-]c1ccc(Cl)cc1C=NC1CCCCC1.[O-]c1ccc(Cl)cc1C=NC1CCCCC1.[O-]c1ccc(Cl)cc1C=NC1CCCCC1. The molecule has 6 rings (SSSR count). The average molecular weight is 769 g/mol. The minimum atomic E-state index is -0.0102. The van der Waals surface area contributed by atoms with Gasteiger partial charge in [0.15, 0.2) is 0 Å². The Bertz CT molecular complexity index is 1340. The third-order valence-corrected chi connectivity index (χ3v) is 9.62. The first-order valence-electron chi connectivity index (χ1n) is 17.3. The predicted octanol–water partition coefficient (Wildman–Crippen LogP) is 9.49. The molecule has 3 aromatic rings. The zero-order chi connectivity index (χ0) is 34.1. The van der Waals surface area contributed by atoms with Crippen molar-refractivity contribution in [2.45, 2.75) is 114 Å². The number of halogens is 3. The second-order valence-corrected chi connectivity index (χ2v) is 14.1. The van der Waals surface area contributed by atoms with Gasteiger partial charge in [-0.1, -0.05) is 128 Å². The van der Waals surface area contributed by atoms with Crippen molar-refractivity contribution >= 4 is 53.4 Å². The Kier molecular flexibility index (Phi) is 18.6. The summed E-state index contributed by atoms with van der Waals surface area (Å²) in [5, 5.41) is 36.2. The van der Waals surface area contributed by atoms with Crippen molar-refractivity contribution in [1.82, 2.24) is 0 Å². The predicted molar refractivity (Wildman–Crippen MR) is 196 cm³/mol. The van der Waals surface area contributed by atoms with Gasteiger partial charge in [-0.15, -0.1) is 0 Å². The number of nitrogens with zero attached hydrogens (tertiary/aromatic N) is 3. The first kappa shape index (κ1) is 40.9. The zero-order valence-electron chi connectivity index (χ0n) is 27.8. The van der Waals surface area contributed by atoms with Crippen LogP contribution < -0.4 is 15.3 Å². The fraction of sp³-hybridized carbons (Fsp3) is 0.462. The molecule has 0 atom stereocenters. The second kappa shape index (κ2) is 22.3. The van der Waals surface area contributed by atoms with Gasteiger partial charge in [0.2, 0.25) is 0 Å². The minimum absolute atomic E-state index is 0. The molecule has 0 bridgehead atoms. The van der Waals surface area contributed by atoms with Gasteiger partial charge in [-0.2, -0.15) is 0 Å². The van der Waals surface area contributed by atoms with Gasteiger partial charge < -0.3 is 15.3 Å². The van der Waals surface area contributed by atoms with E-state index in [0.29, 0.717) is 49.9 Å². The summed E-state index contributed by atoms with van der Waals surface area (Å²) in [5.74, 6) is -0.0307. The van der Waals surface area contributed by atoms with E-state index in [1.54, 1.807) is 55.0 Å². The molecular weight excluding hydrogens is 724 g/mol. The van der Waals surface area contributed by atoms with E-state index in [0.717, 1.165) is 38.5 Å². The molecule has 0 N–H and O–H groups in total. The van der Waals surface area contributed by atoms with E-state index in [1.807, 2.05) is 0 Å². The van der Waals surface area contributed by atoms with Crippen LogP contribution in [0.15, 0.2) is 69.6 Å². The number of hydrogen-bond donors (Lipinski definition) is 0. The molecule has 49 heavy (non-hydrogen) atoms. The third-order valence-electron chi connectivity index (χ3n) is 8.91. The van der Waals surface area contributed by atoms with Crippen molar-refractivity contribution in [1.29, 1.82) is 0 Å². The van der Waals surface area contributed by atoms with Crippen molar-refractivity contribution < 1.29 is 32.1 Å². The largest absolute Gasteiger partial charge is 3.00 e. The van der Waals surface area contributed by atoms with Crippen LogP contribution in [0.4, 0.5) is 0 Å². The fourth-order valence-corrected chi connectivity index (χ4v) is 6.65. The molecule has 0 spiro atoms. The summed E-state index contributed by atoms with van der Waals surface area (Å²) >= 11 is 17.5. The summed E-state index contributed by atoms with van der Waals surface area (Å²) < 4.78 is 0. The van der Waals surface area contributed by atoms with Crippen molar-refractivity contribution in [2.24, 2.45) is 15.0 Å². The standard InChI is InChI=1S/3C13H16ClNO.Co/c3*14-11-6-7-13(16)10(8-11)9-15-12-4-2-1-3-5-12;/h3*6-9,12,16H,1-5H2;/q;;;+3/p-3. The Morgan fingerprint density at radius 1 is 0.429 bits per heavy atom. The van der Waals surface area contributed by atoms with Gasteiger partial charge in [-0.3, -0.25) is 15.0 Å². The molecule has 6 nitrogen and oxygen atoms in total. The van der Waals surface area contributed by atoms with E-state index in [2.05, 4.69) is 15.0 Å². The van der Waals surface area contributed by atoms with Gasteiger partial charge in [0, 0.05) is 51.8 Å². The second-order valence-electron chi connectivity index (χ2n) is 12.8. The van der Waals surface area contributed by atoms with Gasteiger partial charge in [0.1, 0.15) is 0 Å². The van der Waals surface area contributed by atoms with Crippen molar-refractivity contribution in [3.8, 4) is 17.2 Å². The van der Waals surface area contributed by atoms with Crippen molar-refractivity contribution in [2.75, 3.05) is 0 Å². The molecule has 3 saturated carbocycles. The molecule has 10 heteroatoms. The van der Waals surface area contributed by atoms with E-state index in [1.165, 1.54) is 76.0 Å². The minimum Gasteiger partial charge on any atom is -0.872 e. The first-order chi connectivity index (χ1) is 23.3. The van der Waals surface area contributed by atoms with E-state index in [4.69, 9.17) is 34.8 Å². The molecule has 3 fully saturated rings. The van der Waals surface area contributed by atoms with Crippen molar-refractivity contribution in [3.05, 3.63) is 86.4 Å². The molecule has 0 aromatic heterocycles. The summed E-state index contributed by atoms with van der Waals surface area (Å²) in [6.45, 7) is 0. The maximum absolute atomic E-state index is 11.5. The van der Waals surface area contributed by atoms with E-state index < -0.39 is 0 Å². The molecule has 0 heterocycles. The number of benzene rings is 3. The average Bonchev–Trinajstić information content (AvgIpc) is 3.11. The number of rotatable bonds is 6. The van der Waals surface area contributed by atoms with Crippen LogP contribution >= 0.6 is 34.8 Å². The molecule has 3 aromatic carbocycles. The smallest absolute Gasteiger partial charge is 0.872 e. The molecule has 0 amide bonds. The van der Waals surface area contributed by atoms with Crippen LogP contribution in [-0.2, 0) is 16.8 Å². The van der Waals surface area contributed by atoms with Gasteiger partial charge >= 0.3 is 16.8 Å². The van der Waals surface area contributed by atoms with Crippen LogP contribution in [-0.4, -0.2) is 36.8 Å². The molecule has 264 valence electrons. The quantitative estimate of drug-likeness (QED) is 0.233. The summed E-state index contributed by atoms with van der Waals surface area (Å²) in [6, 6.07) is 15.5. The number of aliphatic imine (C=N–C) groups is 3. The Hall–Kier alpha value is -2.55. The monoisotopic (exact) mass is 767 g/mol. The summed E-state index contributed by atoms with van der Waals surface area (Å²) in [5.41, 5.74) is 1.79. The maximum atomic E-state index is 11.5. The van der Waals surface area contributed by atoms with Crippen LogP contribution in [0.5, 0.6) is 17.2 Å². The molecule has 3 aliphatic rings. The molecule has 3 aliphatic carbocycles. The van der Waals surface area contributed by atoms with Gasteiger partial charge in [-0.25, -0.2) is 0 Å². The first-order valence-corrected chi connectivity index (χ1v) is 18.4. The molecule has 0 saturated heterocycles. The Balaban J connectivity index is 0.000000197. The van der Waals surface area contributed by atoms with E-state index >= 15 is 0 Å². The Labute approximate surface area is 317 Å². The van der Waals surface area contributed by atoms with E-state index in [-0.39, 0.29) is 34.0 Å². The molecular formula is C39H45Cl3CoN3O3. The topological polar surface area (TPSA) is 106 Å². The van der Waals surface area contributed by atoms with Gasteiger partial charge in [0.05, 0.1) is 0 Å². The molecule has 0 radical (unpaired) electrons. The maximum Gasteiger partial charge on any atom is 3.00 e. The zero-order valence-corrected chi connectivity index (χ0v) is 31.1. The molecule has 0 unspecified atom stereocenters. The normalized spacial score (nSPS) is 17.7. The third kappa shape index (κ3) is 15.1. The Morgan fingerprint density at radius 2 is 0.673 bits per heavy atom. The fourth-order valence-electron chi connectivity index (χ4n) is 6.11. The van der Waals surface area contributed by atoms with Crippen LogP contribution in [0.2, 0.25) is 15.1 Å². The van der Waals surface area contributed by atoms with Crippen LogP contribution in [0.3, 0.4) is 0 Å². The summed E-state index contributed by atoms with van der Waals surface area (Å²) in [6.07, 6.45) is 23.4. The van der Waals surface area contributed by atoms with Crippen LogP contribution in [0.25, 0.3) is 0 Å². The van der Waals surface area contributed by atoms with Crippen molar-refractivity contribution in [3.63, 3.8) is 0 Å². The van der Waals surface area contributed by atoms with E-state index in [9.17, 15) is 15.3 Å². The van der Waals surface area contributed by atoms with Gasteiger partial charge in [-0.05, 0) is 91.6 Å². The summed E-state index contributed by atoms with van der Waals surface area (Å²) in [7, 11) is 0.